The SMILES string of the molecule is O=C1[C@@H]2[C@@H](C(=O)[C@H]3[C@@H]1[C@H]1C=C[C@H]3C13CC3)[C@H]1C=C[C@H]2C12CC2. The minimum atomic E-state index is 0.0507. The van der Waals surface area contributed by atoms with Crippen LogP contribution in [0, 0.1) is 58.2 Å². The second-order valence-corrected chi connectivity index (χ2v) is 9.25. The van der Waals surface area contributed by atoms with Crippen molar-refractivity contribution in [2.45, 2.75) is 25.7 Å². The molecule has 0 aromatic carbocycles. The summed E-state index contributed by atoms with van der Waals surface area (Å²) in [5.74, 6) is 2.78. The maximum atomic E-state index is 13.4. The Morgan fingerprint density at radius 1 is 0.591 bits per heavy atom. The van der Waals surface area contributed by atoms with Crippen LogP contribution in [-0.4, -0.2) is 11.6 Å². The van der Waals surface area contributed by atoms with Crippen molar-refractivity contribution in [1.82, 2.24) is 0 Å². The summed E-state index contributed by atoms with van der Waals surface area (Å²) < 4.78 is 0. The largest absolute Gasteiger partial charge is 0.299 e. The summed E-state index contributed by atoms with van der Waals surface area (Å²) in [7, 11) is 0. The molecule has 112 valence electrons. The molecule has 7 aliphatic carbocycles. The van der Waals surface area contributed by atoms with E-state index in [0.717, 1.165) is 0 Å². The zero-order chi connectivity index (χ0) is 14.4. The van der Waals surface area contributed by atoms with Gasteiger partial charge in [-0.3, -0.25) is 9.59 Å². The third kappa shape index (κ3) is 0.871. The normalized spacial score (nSPS) is 58.7. The predicted molar refractivity (Wildman–Crippen MR) is 79.5 cm³/mol. The number of rotatable bonds is 0. The van der Waals surface area contributed by atoms with Crippen LogP contribution < -0.4 is 0 Å². The number of ketones is 2. The van der Waals surface area contributed by atoms with Crippen LogP contribution in [0.4, 0.5) is 0 Å². The molecule has 0 aliphatic heterocycles. The zero-order valence-corrected chi connectivity index (χ0v) is 12.6. The monoisotopic (exact) mass is 292 g/mol. The minimum Gasteiger partial charge on any atom is -0.299 e. The van der Waals surface area contributed by atoms with E-state index in [1.807, 2.05) is 0 Å². The fraction of sp³-hybridized carbons (Fsp3) is 0.700. The van der Waals surface area contributed by atoms with Crippen LogP contribution in [0.5, 0.6) is 0 Å². The van der Waals surface area contributed by atoms with Crippen LogP contribution in [0.3, 0.4) is 0 Å². The number of allylic oxidation sites excluding steroid dienone is 4. The lowest BCUT2D eigenvalue weighted by molar-refractivity contribution is -0.148. The van der Waals surface area contributed by atoms with Crippen LogP contribution in [0.15, 0.2) is 24.3 Å². The van der Waals surface area contributed by atoms with E-state index >= 15 is 0 Å². The smallest absolute Gasteiger partial charge is 0.141 e. The molecule has 22 heavy (non-hydrogen) atoms. The van der Waals surface area contributed by atoms with Crippen molar-refractivity contribution in [2.75, 3.05) is 0 Å². The molecule has 5 saturated carbocycles. The molecule has 8 atom stereocenters. The third-order valence-corrected chi connectivity index (χ3v) is 9.00. The highest BCUT2D eigenvalue weighted by Gasteiger charge is 2.78. The number of fused-ring (bicyclic) bond motifs is 6. The van der Waals surface area contributed by atoms with Crippen LogP contribution in [0.2, 0.25) is 0 Å². The Hall–Kier alpha value is -1.18. The average molecular weight is 292 g/mol. The van der Waals surface area contributed by atoms with Gasteiger partial charge in [-0.15, -0.1) is 0 Å². The number of hydrogen-bond donors (Lipinski definition) is 0. The first-order chi connectivity index (χ1) is 10.7. The minimum absolute atomic E-state index is 0.0507. The molecule has 2 heteroatoms. The summed E-state index contributed by atoms with van der Waals surface area (Å²) in [5.41, 5.74) is 0.673. The standard InChI is InChI=1S/C20H20O2/c21-17-13-9-1-2-10(19(9)5-6-19)14(13)18(22)16-12-4-3-11(15(16)17)20(12)7-8-20/h1-4,9-16H,5-8H2/t9-,10-,11-,12-,13-,14+,15+,16+/m1/s1. The Kier molecular flexibility index (Phi) is 1.52. The molecule has 0 saturated heterocycles. The van der Waals surface area contributed by atoms with Gasteiger partial charge in [0.2, 0.25) is 0 Å². The number of carbonyl (C=O) groups excluding carboxylic acids is 2. The van der Waals surface area contributed by atoms with Crippen molar-refractivity contribution in [2.24, 2.45) is 58.2 Å². The van der Waals surface area contributed by atoms with Gasteiger partial charge in [0.25, 0.3) is 0 Å². The van der Waals surface area contributed by atoms with Gasteiger partial charge in [0.15, 0.2) is 0 Å². The summed E-state index contributed by atoms with van der Waals surface area (Å²) in [6.45, 7) is 0. The van der Waals surface area contributed by atoms with Crippen molar-refractivity contribution >= 4 is 11.6 Å². The lowest BCUT2D eigenvalue weighted by Crippen LogP contribution is -2.50. The first-order valence-electron chi connectivity index (χ1n) is 9.13. The third-order valence-electron chi connectivity index (χ3n) is 9.00. The summed E-state index contributed by atoms with van der Waals surface area (Å²) in [6, 6.07) is 0. The van der Waals surface area contributed by atoms with E-state index < -0.39 is 0 Å². The van der Waals surface area contributed by atoms with Gasteiger partial charge in [-0.1, -0.05) is 24.3 Å². The highest BCUT2D eigenvalue weighted by atomic mass is 16.1. The Morgan fingerprint density at radius 3 is 1.09 bits per heavy atom. The average Bonchev–Trinajstić information content (AvgIpc) is 3.37. The molecule has 0 heterocycles. The Labute approximate surface area is 130 Å². The molecule has 2 spiro atoms. The number of hydrogen-bond acceptors (Lipinski definition) is 2. The lowest BCUT2D eigenvalue weighted by atomic mass is 9.60. The second-order valence-electron chi connectivity index (χ2n) is 9.25. The molecule has 2 nitrogen and oxygen atoms in total. The molecule has 7 aliphatic rings. The molecular formula is C20H20O2. The lowest BCUT2D eigenvalue weighted by Gasteiger charge is -2.40. The van der Waals surface area contributed by atoms with E-state index in [1.165, 1.54) is 25.7 Å². The first-order valence-corrected chi connectivity index (χ1v) is 9.13. The van der Waals surface area contributed by atoms with Crippen LogP contribution in [0.1, 0.15) is 25.7 Å². The van der Waals surface area contributed by atoms with Gasteiger partial charge in [0, 0.05) is 23.7 Å². The maximum Gasteiger partial charge on any atom is 0.141 e. The molecule has 5 fully saturated rings. The quantitative estimate of drug-likeness (QED) is 0.643. The molecule has 0 N–H and O–H groups in total. The van der Waals surface area contributed by atoms with Crippen molar-refractivity contribution in [1.29, 1.82) is 0 Å². The van der Waals surface area contributed by atoms with Gasteiger partial charge in [-0.25, -0.2) is 0 Å². The predicted octanol–water partition coefficient (Wildman–Crippen LogP) is 2.80. The van der Waals surface area contributed by atoms with Gasteiger partial charge < -0.3 is 0 Å². The van der Waals surface area contributed by atoms with Gasteiger partial charge in [-0.2, -0.15) is 0 Å². The van der Waals surface area contributed by atoms with Gasteiger partial charge in [-0.05, 0) is 60.2 Å². The number of carbonyl (C=O) groups is 2. The van der Waals surface area contributed by atoms with Crippen molar-refractivity contribution in [3.8, 4) is 0 Å². The Bertz CT molecular complexity index is 610. The molecule has 0 amide bonds. The van der Waals surface area contributed by atoms with E-state index in [4.69, 9.17) is 0 Å². The van der Waals surface area contributed by atoms with E-state index in [-0.39, 0.29) is 23.7 Å². The highest BCUT2D eigenvalue weighted by Crippen LogP contribution is 2.78. The summed E-state index contributed by atoms with van der Waals surface area (Å²) in [6.07, 6.45) is 14.2. The van der Waals surface area contributed by atoms with Gasteiger partial charge in [0.1, 0.15) is 11.6 Å². The maximum absolute atomic E-state index is 13.4. The molecule has 7 rings (SSSR count). The summed E-state index contributed by atoms with van der Waals surface area (Å²) in [5, 5.41) is 0. The highest BCUT2D eigenvalue weighted by molar-refractivity contribution is 6.03. The summed E-state index contributed by atoms with van der Waals surface area (Å²) >= 11 is 0. The van der Waals surface area contributed by atoms with Crippen molar-refractivity contribution < 1.29 is 9.59 Å². The molecule has 0 radical (unpaired) electrons. The Morgan fingerprint density at radius 2 is 0.864 bits per heavy atom. The zero-order valence-electron chi connectivity index (χ0n) is 12.6. The van der Waals surface area contributed by atoms with Gasteiger partial charge >= 0.3 is 0 Å². The fourth-order valence-electron chi connectivity index (χ4n) is 7.97. The Balaban J connectivity index is 1.41. The van der Waals surface area contributed by atoms with E-state index in [2.05, 4.69) is 24.3 Å². The van der Waals surface area contributed by atoms with Crippen LogP contribution >= 0.6 is 0 Å². The van der Waals surface area contributed by atoms with E-state index in [1.54, 1.807) is 0 Å². The second kappa shape index (κ2) is 2.95. The van der Waals surface area contributed by atoms with Crippen LogP contribution in [-0.2, 0) is 9.59 Å². The molecule has 0 unspecified atom stereocenters. The topological polar surface area (TPSA) is 34.1 Å². The van der Waals surface area contributed by atoms with Crippen molar-refractivity contribution in [3.05, 3.63) is 24.3 Å². The summed E-state index contributed by atoms with van der Waals surface area (Å²) in [4.78, 5) is 26.8. The van der Waals surface area contributed by atoms with Crippen molar-refractivity contribution in [3.63, 3.8) is 0 Å². The first kappa shape index (κ1) is 11.4. The molecule has 0 aromatic heterocycles. The van der Waals surface area contributed by atoms with E-state index in [0.29, 0.717) is 46.1 Å². The molecule has 4 bridgehead atoms. The van der Waals surface area contributed by atoms with Gasteiger partial charge in [0.05, 0.1) is 0 Å². The van der Waals surface area contributed by atoms with E-state index in [9.17, 15) is 9.59 Å². The fourth-order valence-corrected chi connectivity index (χ4v) is 7.97. The van der Waals surface area contributed by atoms with Crippen LogP contribution in [0.25, 0.3) is 0 Å². The molecule has 0 aromatic rings. The molecular weight excluding hydrogens is 272 g/mol. The number of Topliss-reactive ketones (excluding diaryl/α,β-unsaturated/α-hetero) is 2.